The molecule has 1 aromatic rings. The quantitative estimate of drug-likeness (QED) is 0.328. The van der Waals surface area contributed by atoms with Crippen molar-refractivity contribution in [3.8, 4) is 5.75 Å². The van der Waals surface area contributed by atoms with E-state index in [-0.39, 0.29) is 23.4 Å². The Morgan fingerprint density at radius 3 is 2.08 bits per heavy atom. The van der Waals surface area contributed by atoms with Gasteiger partial charge in [-0.1, -0.05) is 0 Å². The summed E-state index contributed by atoms with van der Waals surface area (Å²) in [7, 11) is 0. The molecular weight excluding hydrogens is 328 g/mol. The number of carbonyl (C=O) groups is 3. The molecule has 25 heavy (non-hydrogen) atoms. The highest BCUT2D eigenvalue weighted by Gasteiger charge is 2.66. The average molecular weight is 349 g/mol. The van der Waals surface area contributed by atoms with Crippen molar-refractivity contribution in [1.82, 2.24) is 16.0 Å². The van der Waals surface area contributed by atoms with Crippen molar-refractivity contribution in [1.29, 1.82) is 0 Å². The summed E-state index contributed by atoms with van der Waals surface area (Å²) in [6.45, 7) is 1.95. The topological polar surface area (TPSA) is 128 Å². The normalized spacial score (nSPS) is 22.2. The molecule has 0 atom stereocenters. The van der Waals surface area contributed by atoms with Crippen molar-refractivity contribution in [3.63, 3.8) is 0 Å². The van der Waals surface area contributed by atoms with Gasteiger partial charge in [-0.25, -0.2) is 4.79 Å². The molecule has 0 aromatic heterocycles. The maximum atomic E-state index is 13.0. The maximum Gasteiger partial charge on any atom is 0.328 e. The largest absolute Gasteiger partial charge is 0.508 e. The highest BCUT2D eigenvalue weighted by atomic mass is 16.3. The van der Waals surface area contributed by atoms with Crippen molar-refractivity contribution in [3.05, 3.63) is 29.8 Å². The van der Waals surface area contributed by atoms with Gasteiger partial charge in [-0.15, -0.1) is 0 Å². The molecule has 2 aliphatic heterocycles. The first kappa shape index (κ1) is 17.3. The van der Waals surface area contributed by atoms with E-state index in [1.807, 2.05) is 0 Å². The van der Waals surface area contributed by atoms with Crippen molar-refractivity contribution in [2.24, 2.45) is 0 Å². The molecule has 3 rings (SSSR count). The number of aromatic hydroxyl groups is 1. The summed E-state index contributed by atoms with van der Waals surface area (Å²) in [6, 6.07) is 4.94. The Kier molecular flexibility index (Phi) is 4.46. The van der Waals surface area contributed by atoms with Gasteiger partial charge in [0.2, 0.25) is 0 Å². The summed E-state index contributed by atoms with van der Waals surface area (Å²) in [5, 5.41) is 26.8. The molecule has 0 aliphatic carbocycles. The number of hydrogen-bond donors (Lipinski definition) is 5. The number of aliphatic hydroxyl groups is 1. The zero-order valence-electron chi connectivity index (χ0n) is 13.6. The van der Waals surface area contributed by atoms with Crippen molar-refractivity contribution in [2.45, 2.75) is 5.54 Å². The molecule has 0 bridgehead atoms. The van der Waals surface area contributed by atoms with E-state index in [0.717, 1.165) is 0 Å². The minimum absolute atomic E-state index is 0.000575. The zero-order chi connectivity index (χ0) is 18.1. The molecule has 0 radical (unpaired) electrons. The van der Waals surface area contributed by atoms with Crippen LogP contribution in [0.4, 0.5) is 4.79 Å². The van der Waals surface area contributed by atoms with Gasteiger partial charge in [0.1, 0.15) is 12.3 Å². The van der Waals surface area contributed by atoms with Gasteiger partial charge < -0.3 is 15.5 Å². The van der Waals surface area contributed by atoms with Gasteiger partial charge in [-0.3, -0.25) is 24.7 Å². The van der Waals surface area contributed by atoms with Gasteiger partial charge >= 0.3 is 17.8 Å². The minimum atomic E-state index is -1.72. The number of amides is 4. The Balaban J connectivity index is 2.24. The van der Waals surface area contributed by atoms with Crippen LogP contribution in [0.1, 0.15) is 5.56 Å². The summed E-state index contributed by atoms with van der Waals surface area (Å²) in [4.78, 5) is 37.7. The second kappa shape index (κ2) is 6.43. The fraction of sp³-hybridized carbons (Fsp3) is 0.438. The van der Waals surface area contributed by atoms with Crippen LogP contribution in [0.3, 0.4) is 0 Å². The van der Waals surface area contributed by atoms with Gasteiger partial charge in [0.05, 0.1) is 19.7 Å². The van der Waals surface area contributed by atoms with E-state index in [1.165, 1.54) is 24.3 Å². The lowest BCUT2D eigenvalue weighted by molar-refractivity contribution is -0.965. The smallest absolute Gasteiger partial charge is 0.328 e. The SMILES string of the molecule is O=C1NC(=O)C(c2ccc(O)cc2)([N+]2(CCO)CCNCC2)C(=O)N1. The molecular formula is C16H21N4O5+. The fourth-order valence-corrected chi connectivity index (χ4v) is 3.93. The fourth-order valence-electron chi connectivity index (χ4n) is 3.93. The van der Waals surface area contributed by atoms with Gasteiger partial charge in [-0.2, -0.15) is 0 Å². The summed E-state index contributed by atoms with van der Waals surface area (Å²) in [5.74, 6) is -1.44. The van der Waals surface area contributed by atoms with Crippen LogP contribution < -0.4 is 16.0 Å². The zero-order valence-corrected chi connectivity index (χ0v) is 13.6. The van der Waals surface area contributed by atoms with Crippen LogP contribution in [0.2, 0.25) is 0 Å². The number of hydrogen-bond acceptors (Lipinski definition) is 6. The minimum Gasteiger partial charge on any atom is -0.508 e. The standard InChI is InChI=1S/C16H20N4O5/c21-10-9-20(7-5-17-6-8-20)16(11-1-3-12(22)4-2-11)13(23)18-15(25)19-14(16)24/h1-4,17,21H,5-10H2,(H2-,18,19,22,23,24,25)/p+1. The molecule has 2 fully saturated rings. The first-order valence-electron chi connectivity index (χ1n) is 8.10. The summed E-state index contributed by atoms with van der Waals surface area (Å²) in [6.07, 6.45) is 0. The van der Waals surface area contributed by atoms with Crippen molar-refractivity contribution >= 4 is 17.8 Å². The number of nitrogens with zero attached hydrogens (tertiary/aromatic N) is 1. The number of carbonyl (C=O) groups excluding carboxylic acids is 3. The van der Waals surface area contributed by atoms with Crippen LogP contribution in [0.5, 0.6) is 5.75 Å². The average Bonchev–Trinajstić information content (AvgIpc) is 2.57. The van der Waals surface area contributed by atoms with E-state index in [9.17, 15) is 24.6 Å². The number of aliphatic hydroxyl groups excluding tert-OH is 1. The number of urea groups is 1. The number of benzene rings is 1. The summed E-state index contributed by atoms with van der Waals surface area (Å²) in [5.41, 5.74) is -1.35. The third kappa shape index (κ3) is 2.56. The second-order valence-electron chi connectivity index (χ2n) is 6.28. The number of nitrogens with one attached hydrogen (secondary N) is 3. The lowest BCUT2D eigenvalue weighted by atomic mass is 9.81. The first-order chi connectivity index (χ1) is 12.0. The molecule has 2 aliphatic rings. The van der Waals surface area contributed by atoms with Gasteiger partial charge in [0.25, 0.3) is 5.54 Å². The summed E-state index contributed by atoms with van der Waals surface area (Å²) < 4.78 is -0.00772. The third-order valence-corrected chi connectivity index (χ3v) is 5.07. The van der Waals surface area contributed by atoms with E-state index >= 15 is 0 Å². The number of phenolic OH excluding ortho intramolecular Hbond substituents is 1. The number of piperazine rings is 1. The highest BCUT2D eigenvalue weighted by molar-refractivity contribution is 6.21. The molecule has 0 saturated carbocycles. The maximum absolute atomic E-state index is 13.0. The number of quaternary nitrogens is 1. The van der Waals surface area contributed by atoms with Crippen LogP contribution in [0.25, 0.3) is 0 Å². The molecule has 4 amide bonds. The van der Waals surface area contributed by atoms with Gasteiger partial charge in [-0.05, 0) is 24.3 Å². The third-order valence-electron chi connectivity index (χ3n) is 5.07. The van der Waals surface area contributed by atoms with Crippen LogP contribution >= 0.6 is 0 Å². The summed E-state index contributed by atoms with van der Waals surface area (Å²) >= 11 is 0. The Bertz CT molecular complexity index is 671. The van der Waals surface area contributed by atoms with Gasteiger partial charge in [0.15, 0.2) is 0 Å². The molecule has 0 unspecified atom stereocenters. The van der Waals surface area contributed by atoms with Crippen LogP contribution in [0, 0.1) is 0 Å². The predicted octanol–water partition coefficient (Wildman–Crippen LogP) is -1.63. The second-order valence-corrected chi connectivity index (χ2v) is 6.28. The van der Waals surface area contributed by atoms with E-state index in [4.69, 9.17) is 0 Å². The van der Waals surface area contributed by atoms with Gasteiger partial charge in [0, 0.05) is 18.7 Å². The predicted molar refractivity (Wildman–Crippen MR) is 86.3 cm³/mol. The van der Waals surface area contributed by atoms with E-state index in [1.54, 1.807) is 0 Å². The molecule has 134 valence electrons. The Morgan fingerprint density at radius 2 is 1.56 bits per heavy atom. The van der Waals surface area contributed by atoms with Crippen molar-refractivity contribution < 1.29 is 29.1 Å². The monoisotopic (exact) mass is 349 g/mol. The Hall–Kier alpha value is -2.49. The molecule has 1 aromatic carbocycles. The van der Waals surface area contributed by atoms with Crippen LogP contribution in [-0.4, -0.2) is 71.9 Å². The molecule has 2 saturated heterocycles. The molecule has 2 heterocycles. The van der Waals surface area contributed by atoms with Crippen molar-refractivity contribution in [2.75, 3.05) is 39.3 Å². The van der Waals surface area contributed by atoms with E-state index in [0.29, 0.717) is 31.7 Å². The lowest BCUT2D eigenvalue weighted by Crippen LogP contribution is -2.80. The first-order valence-corrected chi connectivity index (χ1v) is 8.10. The molecule has 9 heteroatoms. The number of rotatable bonds is 4. The molecule has 0 spiro atoms. The highest BCUT2D eigenvalue weighted by Crippen LogP contribution is 2.39. The Morgan fingerprint density at radius 1 is 1.00 bits per heavy atom. The van der Waals surface area contributed by atoms with E-state index < -0.39 is 23.4 Å². The molecule has 9 nitrogen and oxygen atoms in total. The van der Waals surface area contributed by atoms with E-state index in [2.05, 4.69) is 16.0 Å². The van der Waals surface area contributed by atoms with Crippen LogP contribution in [0.15, 0.2) is 24.3 Å². The Labute approximate surface area is 144 Å². The molecule has 5 N–H and O–H groups in total. The number of phenols is 1. The number of imide groups is 2. The van der Waals surface area contributed by atoms with Crippen LogP contribution in [-0.2, 0) is 15.1 Å². The number of barbiturate groups is 1. The lowest BCUT2D eigenvalue weighted by Gasteiger charge is -2.53.